The highest BCUT2D eigenvalue weighted by atomic mass is 32.1. The lowest BCUT2D eigenvalue weighted by Crippen LogP contribution is -2.38. The van der Waals surface area contributed by atoms with Gasteiger partial charge in [0.2, 0.25) is 0 Å². The van der Waals surface area contributed by atoms with Crippen molar-refractivity contribution in [3.05, 3.63) is 10.6 Å². The Bertz CT molecular complexity index is 416. The van der Waals surface area contributed by atoms with E-state index in [1.807, 2.05) is 6.92 Å². The number of nitrogens with two attached hydrogens (primary N) is 1. The van der Waals surface area contributed by atoms with E-state index < -0.39 is 0 Å². The van der Waals surface area contributed by atoms with E-state index in [0.29, 0.717) is 6.04 Å². The molecule has 2 rings (SSSR count). The third-order valence-electron chi connectivity index (χ3n) is 3.95. The van der Waals surface area contributed by atoms with E-state index in [4.69, 9.17) is 5.73 Å². The van der Waals surface area contributed by atoms with Crippen LogP contribution in [0.1, 0.15) is 43.3 Å². The van der Waals surface area contributed by atoms with Crippen molar-refractivity contribution in [1.82, 2.24) is 9.88 Å². The second kappa shape index (κ2) is 6.20. The molecule has 0 amide bonds. The molecule has 1 saturated heterocycles. The van der Waals surface area contributed by atoms with Gasteiger partial charge in [-0.15, -0.1) is 11.3 Å². The molecular weight excluding hydrogens is 256 g/mol. The lowest BCUT2D eigenvalue weighted by Gasteiger charge is -2.27. The zero-order valence-corrected chi connectivity index (χ0v) is 13.3. The van der Waals surface area contributed by atoms with E-state index in [2.05, 4.69) is 35.7 Å². The summed E-state index contributed by atoms with van der Waals surface area (Å²) in [6.07, 6.45) is 2.64. The van der Waals surface area contributed by atoms with Crippen LogP contribution in [-0.4, -0.2) is 42.6 Å². The first-order valence-electron chi connectivity index (χ1n) is 7.21. The first-order valence-corrected chi connectivity index (χ1v) is 8.02. The Kier molecular flexibility index (Phi) is 4.81. The molecule has 1 aliphatic rings. The van der Waals surface area contributed by atoms with Gasteiger partial charge in [0.15, 0.2) is 5.13 Å². The fourth-order valence-corrected chi connectivity index (χ4v) is 3.88. The molecule has 1 aromatic rings. The van der Waals surface area contributed by atoms with E-state index in [1.165, 1.54) is 24.3 Å². The number of likely N-dealkylation sites (tertiary alicyclic amines) is 1. The number of anilines is 1. The van der Waals surface area contributed by atoms with Gasteiger partial charge in [-0.25, -0.2) is 4.98 Å². The number of rotatable bonds is 5. The molecule has 0 bridgehead atoms. The van der Waals surface area contributed by atoms with E-state index in [0.717, 1.165) is 23.9 Å². The molecular formula is C14H26N4S. The second-order valence-corrected chi connectivity index (χ2v) is 6.55. The van der Waals surface area contributed by atoms with Crippen molar-refractivity contribution in [3.8, 4) is 0 Å². The normalized spacial score (nSPS) is 21.8. The van der Waals surface area contributed by atoms with E-state index in [1.54, 1.807) is 11.3 Å². The van der Waals surface area contributed by atoms with Crippen molar-refractivity contribution < 1.29 is 0 Å². The molecule has 0 aromatic carbocycles. The van der Waals surface area contributed by atoms with Crippen molar-refractivity contribution in [2.24, 2.45) is 5.73 Å². The minimum absolute atomic E-state index is 0.0817. The van der Waals surface area contributed by atoms with Crippen LogP contribution in [0.15, 0.2) is 0 Å². The standard InChI is InChI=1S/C14H26N4S/c1-5-18-8-6-7-12(18)9-17(4)14-16-11(3)13(19-14)10(2)15/h10,12H,5-9,15H2,1-4H3. The molecule has 1 aliphatic heterocycles. The molecule has 2 heterocycles. The first kappa shape index (κ1) is 14.8. The fraction of sp³-hybridized carbons (Fsp3) is 0.786. The lowest BCUT2D eigenvalue weighted by molar-refractivity contribution is 0.270. The van der Waals surface area contributed by atoms with Gasteiger partial charge >= 0.3 is 0 Å². The van der Waals surface area contributed by atoms with Crippen LogP contribution in [-0.2, 0) is 0 Å². The Labute approximate surface area is 120 Å². The van der Waals surface area contributed by atoms with Crippen LogP contribution in [0.4, 0.5) is 5.13 Å². The quantitative estimate of drug-likeness (QED) is 0.901. The average molecular weight is 282 g/mol. The lowest BCUT2D eigenvalue weighted by atomic mass is 10.2. The molecule has 2 unspecified atom stereocenters. The molecule has 0 aliphatic carbocycles. The number of aromatic nitrogens is 1. The Hall–Kier alpha value is -0.650. The smallest absolute Gasteiger partial charge is 0.185 e. The van der Waals surface area contributed by atoms with Crippen LogP contribution >= 0.6 is 11.3 Å². The maximum Gasteiger partial charge on any atom is 0.185 e. The minimum atomic E-state index is 0.0817. The topological polar surface area (TPSA) is 45.4 Å². The van der Waals surface area contributed by atoms with Gasteiger partial charge in [-0.2, -0.15) is 0 Å². The molecule has 0 radical (unpaired) electrons. The van der Waals surface area contributed by atoms with Crippen molar-refractivity contribution in [1.29, 1.82) is 0 Å². The van der Waals surface area contributed by atoms with Crippen molar-refractivity contribution >= 4 is 16.5 Å². The van der Waals surface area contributed by atoms with Crippen LogP contribution in [0, 0.1) is 6.92 Å². The fourth-order valence-electron chi connectivity index (χ4n) is 2.89. The van der Waals surface area contributed by atoms with Gasteiger partial charge < -0.3 is 10.6 Å². The average Bonchev–Trinajstić information content (AvgIpc) is 2.95. The Morgan fingerprint density at radius 2 is 2.32 bits per heavy atom. The number of thiazole rings is 1. The SMILES string of the molecule is CCN1CCCC1CN(C)c1nc(C)c(C(C)N)s1. The van der Waals surface area contributed by atoms with Gasteiger partial charge in [0, 0.05) is 30.6 Å². The molecule has 1 fully saturated rings. The van der Waals surface area contributed by atoms with E-state index in [9.17, 15) is 0 Å². The van der Waals surface area contributed by atoms with Gasteiger partial charge in [0.25, 0.3) is 0 Å². The molecule has 0 spiro atoms. The molecule has 4 nitrogen and oxygen atoms in total. The predicted molar refractivity (Wildman–Crippen MR) is 83.0 cm³/mol. The van der Waals surface area contributed by atoms with Gasteiger partial charge in [-0.05, 0) is 39.8 Å². The van der Waals surface area contributed by atoms with Gasteiger partial charge in [0.05, 0.1) is 5.69 Å². The summed E-state index contributed by atoms with van der Waals surface area (Å²) < 4.78 is 0. The maximum atomic E-state index is 5.98. The van der Waals surface area contributed by atoms with E-state index in [-0.39, 0.29) is 6.04 Å². The predicted octanol–water partition coefficient (Wildman–Crippen LogP) is 2.39. The monoisotopic (exact) mass is 282 g/mol. The highest BCUT2D eigenvalue weighted by Crippen LogP contribution is 2.30. The summed E-state index contributed by atoms with van der Waals surface area (Å²) in [4.78, 5) is 10.7. The van der Waals surface area contributed by atoms with Crippen molar-refractivity contribution in [2.45, 2.75) is 45.7 Å². The third kappa shape index (κ3) is 3.27. The van der Waals surface area contributed by atoms with Crippen LogP contribution in [0.25, 0.3) is 0 Å². The highest BCUT2D eigenvalue weighted by Gasteiger charge is 2.25. The summed E-state index contributed by atoms with van der Waals surface area (Å²) in [5.41, 5.74) is 7.06. The molecule has 1 aromatic heterocycles. The largest absolute Gasteiger partial charge is 0.350 e. The molecule has 108 valence electrons. The Balaban J connectivity index is 2.03. The molecule has 19 heavy (non-hydrogen) atoms. The summed E-state index contributed by atoms with van der Waals surface area (Å²) in [5, 5.41) is 1.10. The van der Waals surface area contributed by atoms with Gasteiger partial charge in [0.1, 0.15) is 0 Å². The number of hydrogen-bond donors (Lipinski definition) is 1. The van der Waals surface area contributed by atoms with Crippen LogP contribution in [0.3, 0.4) is 0 Å². The van der Waals surface area contributed by atoms with Crippen molar-refractivity contribution in [3.63, 3.8) is 0 Å². The number of likely N-dealkylation sites (N-methyl/N-ethyl adjacent to an activating group) is 2. The highest BCUT2D eigenvalue weighted by molar-refractivity contribution is 7.15. The summed E-state index contributed by atoms with van der Waals surface area (Å²) >= 11 is 1.74. The van der Waals surface area contributed by atoms with Gasteiger partial charge in [-0.3, -0.25) is 4.90 Å². The van der Waals surface area contributed by atoms with Crippen molar-refractivity contribution in [2.75, 3.05) is 31.6 Å². The number of aryl methyl sites for hydroxylation is 1. The third-order valence-corrected chi connectivity index (χ3v) is 5.42. The van der Waals surface area contributed by atoms with Crippen LogP contribution in [0.2, 0.25) is 0 Å². The summed E-state index contributed by atoms with van der Waals surface area (Å²) in [5.74, 6) is 0. The molecule has 0 saturated carbocycles. The second-order valence-electron chi connectivity index (χ2n) is 5.54. The zero-order chi connectivity index (χ0) is 14.0. The molecule has 5 heteroatoms. The summed E-state index contributed by atoms with van der Waals surface area (Å²) in [7, 11) is 2.15. The minimum Gasteiger partial charge on any atom is -0.350 e. The molecule has 2 atom stereocenters. The zero-order valence-electron chi connectivity index (χ0n) is 12.5. The first-order chi connectivity index (χ1) is 9.02. The number of hydrogen-bond acceptors (Lipinski definition) is 5. The van der Waals surface area contributed by atoms with E-state index >= 15 is 0 Å². The van der Waals surface area contributed by atoms with Gasteiger partial charge in [-0.1, -0.05) is 6.92 Å². The summed E-state index contributed by atoms with van der Waals surface area (Å²) in [6, 6.07) is 0.760. The Morgan fingerprint density at radius 1 is 1.58 bits per heavy atom. The Morgan fingerprint density at radius 3 is 2.89 bits per heavy atom. The van der Waals surface area contributed by atoms with Crippen LogP contribution < -0.4 is 10.6 Å². The van der Waals surface area contributed by atoms with Crippen LogP contribution in [0.5, 0.6) is 0 Å². The summed E-state index contributed by atoms with van der Waals surface area (Å²) in [6.45, 7) is 9.80. The molecule has 2 N–H and O–H groups in total. The number of nitrogens with zero attached hydrogens (tertiary/aromatic N) is 3. The maximum absolute atomic E-state index is 5.98.